The van der Waals surface area contributed by atoms with Gasteiger partial charge in [-0.25, -0.2) is 4.98 Å². The fraction of sp³-hybridized carbons (Fsp3) is 0.429. The Morgan fingerprint density at radius 1 is 1.45 bits per heavy atom. The molecule has 0 spiro atoms. The standard InChI is InChI=1S/C14H18N4O2/c1-9-3-4-12(20-9)10-7-18(8-11(10)15)14(19)13-16-5-6-17(13)2/h3-6,10-11H,7-8,15H2,1-2H3/t10-,11-/m0/s1. The third kappa shape index (κ3) is 2.12. The first-order valence-corrected chi connectivity index (χ1v) is 6.65. The number of imidazole rings is 1. The van der Waals surface area contributed by atoms with Gasteiger partial charge in [0.1, 0.15) is 11.5 Å². The molecular formula is C14H18N4O2. The number of carbonyl (C=O) groups excluding carboxylic acids is 1. The zero-order chi connectivity index (χ0) is 14.3. The third-order valence-electron chi connectivity index (χ3n) is 3.79. The SMILES string of the molecule is Cc1ccc([C@H]2CN(C(=O)c3nccn3C)C[C@@H]2N)o1. The molecule has 1 fully saturated rings. The predicted octanol–water partition coefficient (Wildman–Crippen LogP) is 0.888. The van der Waals surface area contributed by atoms with Gasteiger partial charge in [-0.15, -0.1) is 0 Å². The lowest BCUT2D eigenvalue weighted by atomic mass is 10.0. The number of carbonyl (C=O) groups is 1. The fourth-order valence-corrected chi connectivity index (χ4v) is 2.66. The van der Waals surface area contributed by atoms with E-state index in [0.717, 1.165) is 11.5 Å². The number of furan rings is 1. The highest BCUT2D eigenvalue weighted by Crippen LogP contribution is 2.28. The summed E-state index contributed by atoms with van der Waals surface area (Å²) in [5, 5.41) is 0. The van der Waals surface area contributed by atoms with Crippen LogP contribution in [0.3, 0.4) is 0 Å². The number of likely N-dealkylation sites (tertiary alicyclic amines) is 1. The Bertz CT molecular complexity index is 631. The molecule has 2 aromatic rings. The fourth-order valence-electron chi connectivity index (χ4n) is 2.66. The second-order valence-corrected chi connectivity index (χ2v) is 5.29. The van der Waals surface area contributed by atoms with Gasteiger partial charge < -0.3 is 19.6 Å². The van der Waals surface area contributed by atoms with Crippen LogP contribution in [0.1, 0.15) is 28.1 Å². The Morgan fingerprint density at radius 2 is 2.25 bits per heavy atom. The first-order valence-electron chi connectivity index (χ1n) is 6.65. The molecule has 0 unspecified atom stereocenters. The molecule has 3 rings (SSSR count). The van der Waals surface area contributed by atoms with E-state index >= 15 is 0 Å². The predicted molar refractivity (Wildman–Crippen MR) is 73.3 cm³/mol. The summed E-state index contributed by atoms with van der Waals surface area (Å²) in [5.41, 5.74) is 6.16. The normalized spacial score (nSPS) is 22.4. The molecule has 2 aromatic heterocycles. The zero-order valence-corrected chi connectivity index (χ0v) is 11.6. The van der Waals surface area contributed by atoms with Crippen LogP contribution in [-0.4, -0.2) is 39.5 Å². The maximum Gasteiger partial charge on any atom is 0.289 e. The van der Waals surface area contributed by atoms with E-state index in [-0.39, 0.29) is 17.9 Å². The van der Waals surface area contributed by atoms with Crippen molar-refractivity contribution in [1.82, 2.24) is 14.5 Å². The number of nitrogens with zero attached hydrogens (tertiary/aromatic N) is 3. The van der Waals surface area contributed by atoms with E-state index in [2.05, 4.69) is 4.98 Å². The summed E-state index contributed by atoms with van der Waals surface area (Å²) >= 11 is 0. The molecule has 1 aliphatic heterocycles. The molecule has 0 saturated carbocycles. The van der Waals surface area contributed by atoms with Gasteiger partial charge in [-0.05, 0) is 19.1 Å². The van der Waals surface area contributed by atoms with Crippen molar-refractivity contribution in [2.75, 3.05) is 13.1 Å². The Kier molecular flexibility index (Phi) is 3.10. The van der Waals surface area contributed by atoms with Gasteiger partial charge in [-0.2, -0.15) is 0 Å². The molecule has 0 bridgehead atoms. The van der Waals surface area contributed by atoms with Gasteiger partial charge >= 0.3 is 0 Å². The molecule has 1 saturated heterocycles. The summed E-state index contributed by atoms with van der Waals surface area (Å²) in [5.74, 6) is 2.12. The van der Waals surface area contributed by atoms with Gasteiger partial charge in [0.15, 0.2) is 5.82 Å². The van der Waals surface area contributed by atoms with Crippen LogP contribution in [0.4, 0.5) is 0 Å². The van der Waals surface area contributed by atoms with Gasteiger partial charge in [0, 0.05) is 38.6 Å². The number of hydrogen-bond acceptors (Lipinski definition) is 4. The second kappa shape index (κ2) is 4.79. The number of nitrogens with two attached hydrogens (primary N) is 1. The Morgan fingerprint density at radius 3 is 2.85 bits per heavy atom. The average Bonchev–Trinajstić information content (AvgIpc) is 3.09. The minimum Gasteiger partial charge on any atom is -0.466 e. The van der Waals surface area contributed by atoms with Gasteiger partial charge in [0.05, 0.1) is 5.92 Å². The van der Waals surface area contributed by atoms with Crippen LogP contribution in [0.5, 0.6) is 0 Å². The van der Waals surface area contributed by atoms with Crippen molar-refractivity contribution in [2.24, 2.45) is 12.8 Å². The lowest BCUT2D eigenvalue weighted by Crippen LogP contribution is -2.33. The summed E-state index contributed by atoms with van der Waals surface area (Å²) in [6.45, 7) is 3.00. The molecule has 2 atom stereocenters. The molecular weight excluding hydrogens is 256 g/mol. The summed E-state index contributed by atoms with van der Waals surface area (Å²) in [4.78, 5) is 18.3. The van der Waals surface area contributed by atoms with Crippen LogP contribution in [0.2, 0.25) is 0 Å². The maximum atomic E-state index is 12.4. The highest BCUT2D eigenvalue weighted by Gasteiger charge is 2.36. The summed E-state index contributed by atoms with van der Waals surface area (Å²) < 4.78 is 7.36. The van der Waals surface area contributed by atoms with Crippen LogP contribution in [0.15, 0.2) is 28.9 Å². The molecule has 3 heterocycles. The van der Waals surface area contributed by atoms with Crippen LogP contribution >= 0.6 is 0 Å². The quantitative estimate of drug-likeness (QED) is 0.882. The number of aromatic nitrogens is 2. The van der Waals surface area contributed by atoms with Crippen LogP contribution in [-0.2, 0) is 7.05 Å². The summed E-state index contributed by atoms with van der Waals surface area (Å²) in [6, 6.07) is 3.75. The molecule has 2 N–H and O–H groups in total. The van der Waals surface area contributed by atoms with E-state index in [1.165, 1.54) is 0 Å². The van der Waals surface area contributed by atoms with Gasteiger partial charge in [0.2, 0.25) is 0 Å². The number of aryl methyl sites for hydroxylation is 2. The Hall–Kier alpha value is -2.08. The van der Waals surface area contributed by atoms with Crippen LogP contribution in [0, 0.1) is 6.92 Å². The first kappa shape index (κ1) is 12.9. The molecule has 20 heavy (non-hydrogen) atoms. The topological polar surface area (TPSA) is 77.3 Å². The van der Waals surface area contributed by atoms with E-state index in [9.17, 15) is 4.79 Å². The minimum atomic E-state index is -0.107. The molecule has 6 heteroatoms. The van der Waals surface area contributed by atoms with Crippen molar-refractivity contribution in [3.8, 4) is 0 Å². The van der Waals surface area contributed by atoms with E-state index in [4.69, 9.17) is 10.2 Å². The molecule has 0 aliphatic carbocycles. The Labute approximate surface area is 117 Å². The largest absolute Gasteiger partial charge is 0.466 e. The third-order valence-corrected chi connectivity index (χ3v) is 3.79. The highest BCUT2D eigenvalue weighted by molar-refractivity contribution is 5.91. The summed E-state index contributed by atoms with van der Waals surface area (Å²) in [6.07, 6.45) is 3.38. The summed E-state index contributed by atoms with van der Waals surface area (Å²) in [7, 11) is 1.81. The first-order chi connectivity index (χ1) is 9.56. The van der Waals surface area contributed by atoms with Crippen LogP contribution in [0.25, 0.3) is 0 Å². The molecule has 1 amide bonds. The zero-order valence-electron chi connectivity index (χ0n) is 11.6. The smallest absolute Gasteiger partial charge is 0.289 e. The van der Waals surface area contributed by atoms with E-state index < -0.39 is 0 Å². The average molecular weight is 274 g/mol. The van der Waals surface area contributed by atoms with Crippen molar-refractivity contribution in [2.45, 2.75) is 18.9 Å². The van der Waals surface area contributed by atoms with Crippen LogP contribution < -0.4 is 5.73 Å². The Balaban J connectivity index is 1.78. The maximum absolute atomic E-state index is 12.4. The van der Waals surface area contributed by atoms with Gasteiger partial charge in [-0.1, -0.05) is 0 Å². The lowest BCUT2D eigenvalue weighted by Gasteiger charge is -2.15. The van der Waals surface area contributed by atoms with E-state index in [1.807, 2.05) is 26.1 Å². The second-order valence-electron chi connectivity index (χ2n) is 5.29. The molecule has 0 aromatic carbocycles. The van der Waals surface area contributed by atoms with Crippen molar-refractivity contribution in [3.63, 3.8) is 0 Å². The van der Waals surface area contributed by atoms with E-state index in [0.29, 0.717) is 18.9 Å². The van der Waals surface area contributed by atoms with Crippen molar-refractivity contribution < 1.29 is 9.21 Å². The van der Waals surface area contributed by atoms with Gasteiger partial charge in [-0.3, -0.25) is 4.79 Å². The molecule has 0 radical (unpaired) electrons. The molecule has 1 aliphatic rings. The number of amides is 1. The monoisotopic (exact) mass is 274 g/mol. The number of hydrogen-bond donors (Lipinski definition) is 1. The number of rotatable bonds is 2. The van der Waals surface area contributed by atoms with Crippen molar-refractivity contribution >= 4 is 5.91 Å². The minimum absolute atomic E-state index is 0.0490. The molecule has 106 valence electrons. The highest BCUT2D eigenvalue weighted by atomic mass is 16.3. The molecule has 6 nitrogen and oxygen atoms in total. The van der Waals surface area contributed by atoms with E-state index in [1.54, 1.807) is 21.9 Å². The van der Waals surface area contributed by atoms with Crippen molar-refractivity contribution in [1.29, 1.82) is 0 Å². The lowest BCUT2D eigenvalue weighted by molar-refractivity contribution is 0.0773. The van der Waals surface area contributed by atoms with Crippen molar-refractivity contribution in [3.05, 3.63) is 41.9 Å². The van der Waals surface area contributed by atoms with Gasteiger partial charge in [0.25, 0.3) is 5.91 Å².